The van der Waals surface area contributed by atoms with Gasteiger partial charge in [-0.25, -0.2) is 4.79 Å². The van der Waals surface area contributed by atoms with E-state index in [0.717, 1.165) is 4.57 Å². The van der Waals surface area contributed by atoms with Crippen molar-refractivity contribution in [2.45, 2.75) is 89.9 Å². The molecule has 1 aliphatic heterocycles. The van der Waals surface area contributed by atoms with E-state index in [1.807, 2.05) is 0 Å². The Balaban J connectivity index is 2.36. The normalized spacial score (nSPS) is 30.9. The number of ether oxygens (including phenoxy) is 1. The number of anilines is 1. The highest BCUT2D eigenvalue weighted by Gasteiger charge is 2.54. The van der Waals surface area contributed by atoms with Gasteiger partial charge < -0.3 is 30.7 Å². The molecule has 0 aromatic carbocycles. The van der Waals surface area contributed by atoms with Gasteiger partial charge in [0.1, 0.15) is 18.0 Å². The summed E-state index contributed by atoms with van der Waals surface area (Å²) >= 11 is 0. The lowest BCUT2D eigenvalue weighted by Gasteiger charge is -2.41. The van der Waals surface area contributed by atoms with E-state index in [1.165, 1.54) is 13.1 Å². The van der Waals surface area contributed by atoms with Crippen molar-refractivity contribution in [1.82, 2.24) is 9.55 Å². The molecule has 12 heteroatoms. The van der Waals surface area contributed by atoms with Crippen LogP contribution in [0, 0.1) is 12.8 Å². The Labute approximate surface area is 181 Å². The van der Waals surface area contributed by atoms with E-state index in [-0.39, 0.29) is 18.7 Å². The summed E-state index contributed by atoms with van der Waals surface area (Å²) in [5.41, 5.74) is 4.08. The molecule has 0 saturated carbocycles. The van der Waals surface area contributed by atoms with Crippen LogP contribution in [0.1, 0.15) is 59.3 Å². The van der Waals surface area contributed by atoms with Crippen molar-refractivity contribution < 1.29 is 34.0 Å². The minimum atomic E-state index is -4.48. The van der Waals surface area contributed by atoms with E-state index in [9.17, 15) is 29.6 Å². The van der Waals surface area contributed by atoms with Gasteiger partial charge in [-0.05, 0) is 33.6 Å². The van der Waals surface area contributed by atoms with Crippen LogP contribution in [0.15, 0.2) is 11.0 Å². The van der Waals surface area contributed by atoms with Gasteiger partial charge in [0.25, 0.3) is 0 Å². The minimum absolute atomic E-state index is 0.00923. The summed E-state index contributed by atoms with van der Waals surface area (Å²) in [5, 5.41) is 29.6. The number of aryl methyl sites for hydroxylation is 1. The van der Waals surface area contributed by atoms with Gasteiger partial charge >= 0.3 is 13.3 Å². The zero-order valence-electron chi connectivity index (χ0n) is 18.7. The van der Waals surface area contributed by atoms with Crippen LogP contribution in [0.25, 0.3) is 0 Å². The third-order valence-electron chi connectivity index (χ3n) is 6.49. The van der Waals surface area contributed by atoms with Crippen LogP contribution in [0.2, 0.25) is 0 Å². The largest absolute Gasteiger partial charge is 0.388 e. The highest BCUT2D eigenvalue weighted by Crippen LogP contribution is 2.59. The molecule has 8 atom stereocenters. The lowest BCUT2D eigenvalue weighted by Crippen LogP contribution is -2.47. The van der Waals surface area contributed by atoms with Gasteiger partial charge in [-0.2, -0.15) is 4.98 Å². The average Bonchev–Trinajstić information content (AvgIpc) is 2.98. The molecule has 11 nitrogen and oxygen atoms in total. The quantitative estimate of drug-likeness (QED) is 0.348. The van der Waals surface area contributed by atoms with E-state index in [1.54, 1.807) is 34.6 Å². The summed E-state index contributed by atoms with van der Waals surface area (Å²) in [4.78, 5) is 26.4. The second-order valence-electron chi connectivity index (χ2n) is 8.61. The van der Waals surface area contributed by atoms with Gasteiger partial charge in [0.05, 0.1) is 11.7 Å². The fraction of sp³-hybridized carbons (Fsp3) is 0.789. The maximum atomic E-state index is 12.8. The first-order valence-electron chi connectivity index (χ1n) is 10.2. The minimum Gasteiger partial charge on any atom is -0.388 e. The number of nitrogen functional groups attached to an aromatic ring is 1. The van der Waals surface area contributed by atoms with Gasteiger partial charge in [0.2, 0.25) is 0 Å². The molecule has 0 spiro atoms. The van der Waals surface area contributed by atoms with Gasteiger partial charge in [0.15, 0.2) is 11.6 Å². The first-order valence-corrected chi connectivity index (χ1v) is 11.8. The van der Waals surface area contributed by atoms with E-state index in [4.69, 9.17) is 15.0 Å². The van der Waals surface area contributed by atoms with Crippen molar-refractivity contribution >= 4 is 13.4 Å². The summed E-state index contributed by atoms with van der Waals surface area (Å²) in [5.74, 6) is -0.661. The summed E-state index contributed by atoms with van der Waals surface area (Å²) in [7, 11) is -4.48. The Morgan fingerprint density at radius 1 is 1.32 bits per heavy atom. The molecule has 2 rings (SSSR count). The standard InChI is InChI=1S/C19H34N3O8P/c1-7-18(5,30-31(27,28)19(6,26)8-2)11(4)14-12(23)13(24)16(29-14)22-9-10(3)15(20)21-17(22)25/h9,11-14,16,23-24,26H,7-8H2,1-6H3,(H,27,28)(H2,20,21,25). The van der Waals surface area contributed by atoms with Crippen molar-refractivity contribution in [3.05, 3.63) is 22.2 Å². The van der Waals surface area contributed by atoms with Gasteiger partial charge in [0, 0.05) is 17.7 Å². The first-order chi connectivity index (χ1) is 14.1. The summed E-state index contributed by atoms with van der Waals surface area (Å²) < 4.78 is 25.3. The van der Waals surface area contributed by atoms with Crippen molar-refractivity contribution in [3.63, 3.8) is 0 Å². The second kappa shape index (κ2) is 8.90. The van der Waals surface area contributed by atoms with Crippen molar-refractivity contribution in [3.8, 4) is 0 Å². The maximum Gasteiger partial charge on any atom is 0.359 e. The topological polar surface area (TPSA) is 177 Å². The Hall–Kier alpha value is -1.33. The number of nitrogens with two attached hydrogens (primary N) is 1. The molecule has 0 radical (unpaired) electrons. The Kier molecular flexibility index (Phi) is 7.44. The Morgan fingerprint density at radius 2 is 1.90 bits per heavy atom. The predicted octanol–water partition coefficient (Wildman–Crippen LogP) is 0.878. The number of aliphatic hydroxyl groups excluding tert-OH is 2. The zero-order chi connectivity index (χ0) is 23.9. The molecule has 2 heterocycles. The molecule has 6 N–H and O–H groups in total. The molecular weight excluding hydrogens is 429 g/mol. The molecule has 0 aliphatic carbocycles. The molecule has 1 aromatic rings. The van der Waals surface area contributed by atoms with E-state index < -0.39 is 54.7 Å². The van der Waals surface area contributed by atoms with Crippen molar-refractivity contribution in [1.29, 1.82) is 0 Å². The molecule has 1 aliphatic rings. The maximum absolute atomic E-state index is 12.8. The van der Waals surface area contributed by atoms with Crippen LogP contribution < -0.4 is 11.4 Å². The number of aromatic nitrogens is 2. The zero-order valence-corrected chi connectivity index (χ0v) is 19.6. The van der Waals surface area contributed by atoms with Gasteiger partial charge in [-0.15, -0.1) is 0 Å². The van der Waals surface area contributed by atoms with Gasteiger partial charge in [-0.1, -0.05) is 20.8 Å². The van der Waals surface area contributed by atoms with Gasteiger partial charge in [-0.3, -0.25) is 13.7 Å². The van der Waals surface area contributed by atoms with Crippen molar-refractivity contribution in [2.24, 2.45) is 5.92 Å². The van der Waals surface area contributed by atoms with Crippen LogP contribution in [0.3, 0.4) is 0 Å². The molecule has 31 heavy (non-hydrogen) atoms. The van der Waals surface area contributed by atoms with Crippen LogP contribution in [0.4, 0.5) is 5.82 Å². The SMILES string of the molecule is CCC(C)(OP(=O)(O)C(C)(O)CC)C(C)C1OC(n2cc(C)c(N)nc2=O)C(O)C1O. The van der Waals surface area contributed by atoms with E-state index in [0.29, 0.717) is 5.56 Å². The number of hydrogen-bond acceptors (Lipinski definition) is 9. The number of rotatable bonds is 8. The van der Waals surface area contributed by atoms with Crippen molar-refractivity contribution in [2.75, 3.05) is 5.73 Å². The molecule has 1 saturated heterocycles. The predicted molar refractivity (Wildman–Crippen MR) is 113 cm³/mol. The van der Waals surface area contributed by atoms with E-state index in [2.05, 4.69) is 4.98 Å². The second-order valence-corrected chi connectivity index (χ2v) is 10.8. The highest BCUT2D eigenvalue weighted by molar-refractivity contribution is 7.54. The Morgan fingerprint density at radius 3 is 2.42 bits per heavy atom. The Bertz CT molecular complexity index is 907. The molecular formula is C19H34N3O8P. The van der Waals surface area contributed by atoms with Crippen LogP contribution >= 0.6 is 7.60 Å². The summed E-state index contributed by atoms with van der Waals surface area (Å²) in [6, 6.07) is 0. The van der Waals surface area contributed by atoms with Crippen LogP contribution in [0.5, 0.6) is 0 Å². The third kappa shape index (κ3) is 4.73. The number of aliphatic hydroxyl groups is 3. The fourth-order valence-corrected chi connectivity index (χ4v) is 4.94. The smallest absolute Gasteiger partial charge is 0.359 e. The highest BCUT2D eigenvalue weighted by atomic mass is 31.2. The number of nitrogens with zero attached hydrogens (tertiary/aromatic N) is 2. The van der Waals surface area contributed by atoms with Crippen LogP contribution in [-0.4, -0.2) is 59.0 Å². The monoisotopic (exact) mass is 463 g/mol. The van der Waals surface area contributed by atoms with Crippen LogP contribution in [-0.2, 0) is 13.8 Å². The molecule has 178 valence electrons. The third-order valence-corrected chi connectivity index (χ3v) is 8.69. The molecule has 1 fully saturated rings. The molecule has 8 unspecified atom stereocenters. The first kappa shape index (κ1) is 25.9. The fourth-order valence-electron chi connectivity index (χ4n) is 3.49. The summed E-state index contributed by atoms with van der Waals surface area (Å²) in [6.45, 7) is 9.36. The van der Waals surface area contributed by atoms with E-state index >= 15 is 0 Å². The molecule has 0 bridgehead atoms. The lowest BCUT2D eigenvalue weighted by atomic mass is 9.82. The molecule has 1 aromatic heterocycles. The lowest BCUT2D eigenvalue weighted by molar-refractivity contribution is -0.107. The molecule has 0 amide bonds. The summed E-state index contributed by atoms with van der Waals surface area (Å²) in [6.07, 6.45) is -3.53. The number of hydrogen-bond donors (Lipinski definition) is 5. The average molecular weight is 463 g/mol.